The van der Waals surface area contributed by atoms with Crippen molar-refractivity contribution in [2.24, 2.45) is 0 Å². The van der Waals surface area contributed by atoms with Crippen LogP contribution in [0.25, 0.3) is 0 Å². The third kappa shape index (κ3) is 2.92. The molecule has 1 aromatic carbocycles. The first-order chi connectivity index (χ1) is 7.25. The normalized spacial score (nSPS) is 10.3. The number of anilines is 1. The zero-order valence-electron chi connectivity index (χ0n) is 8.35. The van der Waals surface area contributed by atoms with Crippen LogP contribution in [0.1, 0.15) is 5.69 Å². The molecule has 0 saturated heterocycles. The van der Waals surface area contributed by atoms with Crippen LogP contribution in [0.5, 0.6) is 0 Å². The minimum atomic E-state index is 0.865. The lowest BCUT2D eigenvalue weighted by Crippen LogP contribution is -2.16. The maximum Gasteiger partial charge on any atom is 0.0795 e. The van der Waals surface area contributed by atoms with Gasteiger partial charge >= 0.3 is 0 Å². The molecule has 0 aliphatic heterocycles. The van der Waals surface area contributed by atoms with Gasteiger partial charge in [-0.1, -0.05) is 0 Å². The van der Waals surface area contributed by atoms with Gasteiger partial charge in [-0.3, -0.25) is 0 Å². The average molecular weight is 330 g/mol. The molecule has 4 heteroatoms. The molecule has 2 rings (SSSR count). The Labute approximate surface area is 107 Å². The second-order valence-corrected chi connectivity index (χ2v) is 5.28. The van der Waals surface area contributed by atoms with Crippen molar-refractivity contribution in [2.45, 2.75) is 6.54 Å². The van der Waals surface area contributed by atoms with Crippen LogP contribution in [0.3, 0.4) is 0 Å². The lowest BCUT2D eigenvalue weighted by molar-refractivity contribution is 0.895. The molecule has 0 N–H and O–H groups in total. The Morgan fingerprint density at radius 3 is 2.67 bits per heavy atom. The van der Waals surface area contributed by atoms with E-state index in [9.17, 15) is 0 Å². The molecule has 1 aromatic heterocycles. The van der Waals surface area contributed by atoms with E-state index >= 15 is 0 Å². The molecule has 0 aliphatic carbocycles. The zero-order valence-corrected chi connectivity index (χ0v) is 11.3. The van der Waals surface area contributed by atoms with Crippen molar-refractivity contribution in [3.8, 4) is 0 Å². The van der Waals surface area contributed by atoms with Crippen molar-refractivity contribution in [1.29, 1.82) is 0 Å². The number of hydrogen-bond acceptors (Lipinski definition) is 3. The molecule has 0 spiro atoms. The predicted molar refractivity (Wildman–Crippen MR) is 73.4 cm³/mol. The van der Waals surface area contributed by atoms with Gasteiger partial charge in [0.2, 0.25) is 0 Å². The molecule has 0 fully saturated rings. The van der Waals surface area contributed by atoms with E-state index in [1.165, 1.54) is 9.26 Å². The Hall–Kier alpha value is -0.620. The highest BCUT2D eigenvalue weighted by Gasteiger charge is 2.02. The highest BCUT2D eigenvalue weighted by molar-refractivity contribution is 14.1. The third-order valence-electron chi connectivity index (χ3n) is 2.15. The van der Waals surface area contributed by atoms with Gasteiger partial charge in [0, 0.05) is 21.7 Å². The molecule has 15 heavy (non-hydrogen) atoms. The number of benzene rings is 1. The summed E-state index contributed by atoms with van der Waals surface area (Å²) in [7, 11) is 2.08. The van der Waals surface area contributed by atoms with Gasteiger partial charge in [0.25, 0.3) is 0 Å². The van der Waals surface area contributed by atoms with Gasteiger partial charge in [0.05, 0.1) is 17.7 Å². The molecule has 0 saturated carbocycles. The van der Waals surface area contributed by atoms with E-state index in [0.29, 0.717) is 0 Å². The summed E-state index contributed by atoms with van der Waals surface area (Å²) >= 11 is 3.95. The minimum Gasteiger partial charge on any atom is -0.369 e. The van der Waals surface area contributed by atoms with Crippen LogP contribution >= 0.6 is 33.9 Å². The Kier molecular flexibility index (Phi) is 3.58. The maximum absolute atomic E-state index is 4.27. The summed E-state index contributed by atoms with van der Waals surface area (Å²) in [6, 6.07) is 8.50. The van der Waals surface area contributed by atoms with E-state index in [1.54, 1.807) is 11.3 Å². The molecular formula is C11H11IN2S. The minimum absolute atomic E-state index is 0.865. The van der Waals surface area contributed by atoms with E-state index in [-0.39, 0.29) is 0 Å². The van der Waals surface area contributed by atoms with Gasteiger partial charge in [-0.05, 0) is 46.9 Å². The van der Waals surface area contributed by atoms with Gasteiger partial charge in [-0.25, -0.2) is 4.98 Å². The van der Waals surface area contributed by atoms with E-state index in [4.69, 9.17) is 0 Å². The number of halogens is 1. The highest BCUT2D eigenvalue weighted by Crippen LogP contribution is 2.17. The van der Waals surface area contributed by atoms with Gasteiger partial charge in [0.1, 0.15) is 0 Å². The van der Waals surface area contributed by atoms with Crippen LogP contribution in [0.2, 0.25) is 0 Å². The first-order valence-electron chi connectivity index (χ1n) is 4.59. The summed E-state index contributed by atoms with van der Waals surface area (Å²) in [6.45, 7) is 0.865. The fourth-order valence-electron chi connectivity index (χ4n) is 1.35. The van der Waals surface area contributed by atoms with Crippen molar-refractivity contribution in [3.05, 3.63) is 44.4 Å². The molecule has 1 heterocycles. The monoisotopic (exact) mass is 330 g/mol. The molecule has 0 aliphatic rings. The van der Waals surface area contributed by atoms with Crippen molar-refractivity contribution in [3.63, 3.8) is 0 Å². The number of nitrogens with zero attached hydrogens (tertiary/aromatic N) is 2. The second kappa shape index (κ2) is 4.94. The number of hydrogen-bond donors (Lipinski definition) is 0. The molecule has 0 bridgehead atoms. The van der Waals surface area contributed by atoms with E-state index in [2.05, 4.69) is 69.2 Å². The predicted octanol–water partition coefficient (Wildman–Crippen LogP) is 3.38. The fourth-order valence-corrected chi connectivity index (χ4v) is 2.25. The summed E-state index contributed by atoms with van der Waals surface area (Å²) in [5.41, 5.74) is 4.22. The second-order valence-electron chi connectivity index (χ2n) is 3.31. The van der Waals surface area contributed by atoms with E-state index in [1.807, 2.05) is 5.51 Å². The fraction of sp³-hybridized carbons (Fsp3) is 0.182. The standard InChI is InChI=1S/C11H11IN2S/c1-14(6-10-7-15-8-13-10)11-4-2-9(12)3-5-11/h2-5,7-8H,6H2,1H3. The molecule has 78 valence electrons. The van der Waals surface area contributed by atoms with Crippen LogP contribution in [-0.4, -0.2) is 12.0 Å². The zero-order chi connectivity index (χ0) is 10.7. The number of thiazole rings is 1. The van der Waals surface area contributed by atoms with Gasteiger partial charge < -0.3 is 4.90 Å². The first kappa shape index (κ1) is 10.9. The molecule has 2 aromatic rings. The molecule has 2 nitrogen and oxygen atoms in total. The van der Waals surface area contributed by atoms with Gasteiger partial charge in [-0.15, -0.1) is 11.3 Å². The van der Waals surface area contributed by atoms with E-state index in [0.717, 1.165) is 12.2 Å². The maximum atomic E-state index is 4.27. The largest absolute Gasteiger partial charge is 0.369 e. The van der Waals surface area contributed by atoms with Crippen molar-refractivity contribution in [2.75, 3.05) is 11.9 Å². The van der Waals surface area contributed by atoms with Crippen LogP contribution in [0.15, 0.2) is 35.2 Å². The highest BCUT2D eigenvalue weighted by atomic mass is 127. The smallest absolute Gasteiger partial charge is 0.0795 e. The van der Waals surface area contributed by atoms with Crippen LogP contribution in [0.4, 0.5) is 5.69 Å². The van der Waals surface area contributed by atoms with Crippen LogP contribution < -0.4 is 4.90 Å². The molecule has 0 amide bonds. The third-order valence-corrected chi connectivity index (χ3v) is 3.50. The summed E-state index contributed by atoms with van der Waals surface area (Å²) in [5.74, 6) is 0. The quantitative estimate of drug-likeness (QED) is 0.802. The molecule has 0 unspecified atom stereocenters. The SMILES string of the molecule is CN(Cc1cscn1)c1ccc(I)cc1. The lowest BCUT2D eigenvalue weighted by Gasteiger charge is -2.17. The number of rotatable bonds is 3. The van der Waals surface area contributed by atoms with Crippen LogP contribution in [-0.2, 0) is 6.54 Å². The summed E-state index contributed by atoms with van der Waals surface area (Å²) in [6.07, 6.45) is 0. The van der Waals surface area contributed by atoms with E-state index < -0.39 is 0 Å². The molecular weight excluding hydrogens is 319 g/mol. The summed E-state index contributed by atoms with van der Waals surface area (Å²) in [4.78, 5) is 6.47. The van der Waals surface area contributed by atoms with Crippen molar-refractivity contribution >= 4 is 39.6 Å². The average Bonchev–Trinajstić information content (AvgIpc) is 2.71. The Bertz CT molecular complexity index is 411. The van der Waals surface area contributed by atoms with Crippen LogP contribution in [0, 0.1) is 3.57 Å². The number of aromatic nitrogens is 1. The lowest BCUT2D eigenvalue weighted by atomic mass is 10.3. The van der Waals surface area contributed by atoms with Gasteiger partial charge in [-0.2, -0.15) is 0 Å². The summed E-state index contributed by atoms with van der Waals surface area (Å²) < 4.78 is 1.26. The van der Waals surface area contributed by atoms with Gasteiger partial charge in [0.15, 0.2) is 0 Å². The Morgan fingerprint density at radius 1 is 1.33 bits per heavy atom. The Morgan fingerprint density at radius 2 is 2.07 bits per heavy atom. The molecule has 0 radical (unpaired) electrons. The topological polar surface area (TPSA) is 16.1 Å². The Balaban J connectivity index is 2.08. The van der Waals surface area contributed by atoms with Crippen molar-refractivity contribution < 1.29 is 0 Å². The summed E-state index contributed by atoms with van der Waals surface area (Å²) in [5, 5.41) is 2.09. The van der Waals surface area contributed by atoms with Crippen molar-refractivity contribution in [1.82, 2.24) is 4.98 Å². The molecule has 0 atom stereocenters. The first-order valence-corrected chi connectivity index (χ1v) is 6.61.